The van der Waals surface area contributed by atoms with Crippen molar-refractivity contribution in [3.05, 3.63) is 32.0 Å². The molecule has 2 aromatic rings. The van der Waals surface area contributed by atoms with Crippen LogP contribution in [-0.2, 0) is 0 Å². The van der Waals surface area contributed by atoms with E-state index in [2.05, 4.69) is 57.0 Å². The van der Waals surface area contributed by atoms with E-state index in [4.69, 9.17) is 0 Å². The maximum absolute atomic E-state index is 3.49. The van der Waals surface area contributed by atoms with Crippen LogP contribution in [0.3, 0.4) is 0 Å². The van der Waals surface area contributed by atoms with Gasteiger partial charge in [-0.25, -0.2) is 0 Å². The second-order valence-electron chi connectivity index (χ2n) is 2.69. The third-order valence-corrected chi connectivity index (χ3v) is 3.98. The minimum Gasteiger partial charge on any atom is -0.128 e. The number of aryl methyl sites for hydroxylation is 1. The molecule has 0 fully saturated rings. The predicted molar refractivity (Wildman–Crippen MR) is 62.0 cm³/mol. The largest absolute Gasteiger partial charge is 0.128 e. The monoisotopic (exact) mass is 304 g/mol. The molecular weight excluding hydrogens is 300 g/mol. The Morgan fingerprint density at radius 2 is 1.92 bits per heavy atom. The van der Waals surface area contributed by atoms with Gasteiger partial charge in [-0.2, -0.15) is 0 Å². The summed E-state index contributed by atoms with van der Waals surface area (Å²) in [5.74, 6) is 0. The lowest BCUT2D eigenvalue weighted by Gasteiger charge is -1.95. The fraction of sp³-hybridized carbons (Fsp3) is 0.111. The Balaban J connectivity index is 2.88. The number of hydrogen-bond donors (Lipinski definition) is 0. The van der Waals surface area contributed by atoms with Crippen LogP contribution in [0.4, 0.5) is 0 Å². The molecule has 0 aliphatic rings. The van der Waals surface area contributed by atoms with Gasteiger partial charge in [-0.1, -0.05) is 15.9 Å². The molecule has 62 valence electrons. The van der Waals surface area contributed by atoms with E-state index in [0.29, 0.717) is 0 Å². The van der Waals surface area contributed by atoms with Gasteiger partial charge in [-0.05, 0) is 52.0 Å². The minimum absolute atomic E-state index is 1.15. The van der Waals surface area contributed by atoms with E-state index in [1.54, 1.807) is 11.3 Å². The van der Waals surface area contributed by atoms with Crippen LogP contribution in [-0.4, -0.2) is 0 Å². The number of benzene rings is 1. The zero-order valence-corrected chi connectivity index (χ0v) is 10.4. The van der Waals surface area contributed by atoms with Gasteiger partial charge in [-0.15, -0.1) is 11.3 Å². The Morgan fingerprint density at radius 3 is 2.67 bits per heavy atom. The van der Waals surface area contributed by atoms with Crippen molar-refractivity contribution in [2.75, 3.05) is 0 Å². The molecule has 12 heavy (non-hydrogen) atoms. The van der Waals surface area contributed by atoms with Crippen LogP contribution >= 0.6 is 43.2 Å². The molecule has 0 unspecified atom stereocenters. The molecule has 1 aromatic carbocycles. The van der Waals surface area contributed by atoms with Crippen LogP contribution in [0.1, 0.15) is 5.56 Å². The first-order chi connectivity index (χ1) is 5.66. The van der Waals surface area contributed by atoms with Crippen molar-refractivity contribution in [3.8, 4) is 0 Å². The van der Waals surface area contributed by atoms with Crippen LogP contribution in [0, 0.1) is 6.92 Å². The first kappa shape index (κ1) is 8.73. The summed E-state index contributed by atoms with van der Waals surface area (Å²) in [7, 11) is 0. The minimum atomic E-state index is 1.15. The average Bonchev–Trinajstić information content (AvgIpc) is 2.29. The topological polar surface area (TPSA) is 0 Å². The van der Waals surface area contributed by atoms with Gasteiger partial charge in [0, 0.05) is 9.17 Å². The van der Waals surface area contributed by atoms with Crippen molar-refractivity contribution < 1.29 is 0 Å². The van der Waals surface area contributed by atoms with Crippen molar-refractivity contribution in [1.82, 2.24) is 0 Å². The highest BCUT2D eigenvalue weighted by atomic mass is 79.9. The second-order valence-corrected chi connectivity index (χ2v) is 6.04. The van der Waals surface area contributed by atoms with Crippen LogP contribution < -0.4 is 0 Å². The van der Waals surface area contributed by atoms with E-state index in [9.17, 15) is 0 Å². The van der Waals surface area contributed by atoms with Gasteiger partial charge in [0.1, 0.15) is 0 Å². The molecule has 0 saturated heterocycles. The van der Waals surface area contributed by atoms with E-state index in [-0.39, 0.29) is 0 Å². The van der Waals surface area contributed by atoms with Crippen LogP contribution in [0.5, 0.6) is 0 Å². The SMILES string of the molecule is Cc1cc(Br)cc2cc(Br)sc12. The molecule has 0 atom stereocenters. The molecule has 0 spiro atoms. The highest BCUT2D eigenvalue weighted by molar-refractivity contribution is 9.11. The van der Waals surface area contributed by atoms with E-state index in [1.165, 1.54) is 19.4 Å². The summed E-state index contributed by atoms with van der Waals surface area (Å²) in [5, 5.41) is 1.30. The van der Waals surface area contributed by atoms with Crippen molar-refractivity contribution in [3.63, 3.8) is 0 Å². The van der Waals surface area contributed by atoms with E-state index in [1.807, 2.05) is 0 Å². The third kappa shape index (κ3) is 1.45. The zero-order chi connectivity index (χ0) is 8.72. The van der Waals surface area contributed by atoms with Crippen molar-refractivity contribution in [2.24, 2.45) is 0 Å². The van der Waals surface area contributed by atoms with Crippen molar-refractivity contribution in [1.29, 1.82) is 0 Å². The molecule has 0 N–H and O–H groups in total. The standard InChI is InChI=1S/C9H6Br2S/c1-5-2-7(10)3-6-4-8(11)12-9(5)6/h2-4H,1H3. The lowest BCUT2D eigenvalue weighted by Crippen LogP contribution is -1.71. The quantitative estimate of drug-likeness (QED) is 0.660. The summed E-state index contributed by atoms with van der Waals surface area (Å²) in [6.07, 6.45) is 0. The van der Waals surface area contributed by atoms with Gasteiger partial charge in [0.05, 0.1) is 3.79 Å². The summed E-state index contributed by atoms with van der Waals surface area (Å²) < 4.78 is 3.71. The van der Waals surface area contributed by atoms with Gasteiger partial charge in [0.2, 0.25) is 0 Å². The summed E-state index contributed by atoms with van der Waals surface area (Å²) in [5.41, 5.74) is 1.33. The fourth-order valence-electron chi connectivity index (χ4n) is 1.25. The molecule has 0 radical (unpaired) electrons. The van der Waals surface area contributed by atoms with Gasteiger partial charge in [0.15, 0.2) is 0 Å². The highest BCUT2D eigenvalue weighted by Gasteiger charge is 2.02. The lowest BCUT2D eigenvalue weighted by atomic mass is 10.2. The summed E-state index contributed by atoms with van der Waals surface area (Å²) >= 11 is 8.75. The molecule has 1 aromatic heterocycles. The van der Waals surface area contributed by atoms with E-state index >= 15 is 0 Å². The number of rotatable bonds is 0. The summed E-state index contributed by atoms with van der Waals surface area (Å²) in [6, 6.07) is 6.44. The van der Waals surface area contributed by atoms with Crippen LogP contribution in [0.15, 0.2) is 26.5 Å². The third-order valence-electron chi connectivity index (χ3n) is 1.74. The maximum Gasteiger partial charge on any atom is 0.0711 e. The van der Waals surface area contributed by atoms with E-state index < -0.39 is 0 Å². The fourth-order valence-corrected chi connectivity index (χ4v) is 3.41. The van der Waals surface area contributed by atoms with Gasteiger partial charge in [0.25, 0.3) is 0 Å². The molecule has 1 heterocycles. The number of fused-ring (bicyclic) bond motifs is 1. The van der Waals surface area contributed by atoms with Gasteiger partial charge >= 0.3 is 0 Å². The highest BCUT2D eigenvalue weighted by Crippen LogP contribution is 2.33. The first-order valence-corrected chi connectivity index (χ1v) is 5.92. The maximum atomic E-state index is 3.49. The Kier molecular flexibility index (Phi) is 2.27. The van der Waals surface area contributed by atoms with Crippen LogP contribution in [0.2, 0.25) is 0 Å². The Hall–Kier alpha value is 0.140. The van der Waals surface area contributed by atoms with Gasteiger partial charge in [-0.3, -0.25) is 0 Å². The Labute approximate surface area is 91.9 Å². The number of thiophene rings is 1. The van der Waals surface area contributed by atoms with Crippen LogP contribution in [0.25, 0.3) is 10.1 Å². The van der Waals surface area contributed by atoms with Crippen molar-refractivity contribution in [2.45, 2.75) is 6.92 Å². The smallest absolute Gasteiger partial charge is 0.0711 e. The molecule has 0 aliphatic heterocycles. The first-order valence-electron chi connectivity index (χ1n) is 3.52. The molecule has 0 aliphatic carbocycles. The molecule has 2 rings (SSSR count). The summed E-state index contributed by atoms with van der Waals surface area (Å²) in [4.78, 5) is 0. The second kappa shape index (κ2) is 3.13. The zero-order valence-electron chi connectivity index (χ0n) is 6.40. The van der Waals surface area contributed by atoms with Gasteiger partial charge < -0.3 is 0 Å². The molecule has 0 bridgehead atoms. The molecular formula is C9H6Br2S. The number of halogens is 2. The van der Waals surface area contributed by atoms with E-state index in [0.717, 1.165) is 4.47 Å². The lowest BCUT2D eigenvalue weighted by molar-refractivity contribution is 1.54. The normalized spacial score (nSPS) is 10.9. The average molecular weight is 306 g/mol. The molecule has 0 nitrogen and oxygen atoms in total. The Bertz CT molecular complexity index is 431. The molecule has 0 amide bonds. The molecule has 0 saturated carbocycles. The Morgan fingerprint density at radius 1 is 1.17 bits per heavy atom. The molecule has 3 heteroatoms. The van der Waals surface area contributed by atoms with Crippen molar-refractivity contribution >= 4 is 53.3 Å². The summed E-state index contributed by atoms with van der Waals surface area (Å²) in [6.45, 7) is 2.13. The number of hydrogen-bond acceptors (Lipinski definition) is 1. The predicted octanol–water partition coefficient (Wildman–Crippen LogP) is 4.73.